The van der Waals surface area contributed by atoms with Crippen LogP contribution >= 0.6 is 0 Å². The van der Waals surface area contributed by atoms with Gasteiger partial charge in [0.25, 0.3) is 0 Å². The van der Waals surface area contributed by atoms with E-state index in [-0.39, 0.29) is 0 Å². The smallest absolute Gasteiger partial charge is 0.303 e. The van der Waals surface area contributed by atoms with Crippen molar-refractivity contribution >= 4 is 63.1 Å². The van der Waals surface area contributed by atoms with E-state index in [9.17, 15) is 4.79 Å². The predicted octanol–water partition coefficient (Wildman–Crippen LogP) is 8.37. The zero-order chi connectivity index (χ0) is 27.7. The molecule has 0 saturated heterocycles. The van der Waals surface area contributed by atoms with Crippen molar-refractivity contribution in [3.05, 3.63) is 120 Å². The summed E-state index contributed by atoms with van der Waals surface area (Å²) < 4.78 is 0. The summed E-state index contributed by atoms with van der Waals surface area (Å²) in [4.78, 5) is 25.6. The molecular weight excluding hydrogens is 496 g/mol. The van der Waals surface area contributed by atoms with E-state index < -0.39 is 5.97 Å². The Morgan fingerprint density at radius 3 is 1.32 bits per heavy atom. The second-order valence-electron chi connectivity index (χ2n) is 9.40. The van der Waals surface area contributed by atoms with Gasteiger partial charge in [-0.1, -0.05) is 55.5 Å². The normalized spacial score (nSPS) is 11.3. The van der Waals surface area contributed by atoms with Crippen molar-refractivity contribution in [1.29, 1.82) is 0 Å². The molecule has 0 fully saturated rings. The maximum absolute atomic E-state index is 9.60. The molecule has 6 nitrogen and oxygen atoms in total. The van der Waals surface area contributed by atoms with Gasteiger partial charge in [-0.05, 0) is 90.0 Å². The minimum Gasteiger partial charge on any atom is -0.481 e. The molecule has 7 rings (SSSR count). The van der Waals surface area contributed by atoms with E-state index in [0.29, 0.717) is 6.42 Å². The number of hydrogen-bond acceptors (Lipinski definition) is 3. The molecule has 0 radical (unpaired) electrons. The Bertz CT molecular complexity index is 1710. The Morgan fingerprint density at radius 2 is 0.975 bits per heavy atom. The molecule has 0 saturated carbocycles. The van der Waals surface area contributed by atoms with Crippen LogP contribution in [-0.4, -0.2) is 31.0 Å². The number of hydrogen-bond donors (Lipinski definition) is 3. The van der Waals surface area contributed by atoms with E-state index in [2.05, 4.69) is 98.8 Å². The molecule has 5 aromatic rings. The number of aromatic nitrogens is 4. The van der Waals surface area contributed by atoms with Crippen LogP contribution in [0.5, 0.6) is 0 Å². The van der Waals surface area contributed by atoms with Crippen LogP contribution in [0.15, 0.2) is 97.1 Å². The molecule has 3 aromatic heterocycles. The van der Waals surface area contributed by atoms with Crippen LogP contribution in [0.4, 0.5) is 0 Å². The van der Waals surface area contributed by atoms with Gasteiger partial charge in [0.15, 0.2) is 0 Å². The van der Waals surface area contributed by atoms with Crippen molar-refractivity contribution in [2.45, 2.75) is 19.8 Å². The third kappa shape index (κ3) is 7.20. The van der Waals surface area contributed by atoms with Crippen LogP contribution in [0.25, 0.3) is 57.1 Å². The van der Waals surface area contributed by atoms with E-state index in [0.717, 1.165) is 51.3 Å². The quantitative estimate of drug-likeness (QED) is 0.211. The first-order valence-electron chi connectivity index (χ1n) is 13.2. The number of nitrogens with one attached hydrogen (secondary N) is 2. The van der Waals surface area contributed by atoms with Gasteiger partial charge in [0.05, 0.1) is 22.8 Å². The van der Waals surface area contributed by atoms with Crippen molar-refractivity contribution in [3.63, 3.8) is 0 Å². The molecule has 40 heavy (non-hydrogen) atoms. The number of carbonyl (C=O) groups is 1. The number of H-pyrrole nitrogens is 2. The molecule has 198 valence electrons. The fraction of sp³-hybridized carbons (Fsp3) is 0.0882. The van der Waals surface area contributed by atoms with Crippen LogP contribution in [0, 0.1) is 0 Å². The summed E-state index contributed by atoms with van der Waals surface area (Å²) in [5, 5.41) is 10.5. The molecule has 3 N–H and O–H groups in total. The number of carboxylic acid groups (broad SMARTS) is 1. The van der Waals surface area contributed by atoms with Crippen molar-refractivity contribution < 1.29 is 9.90 Å². The van der Waals surface area contributed by atoms with E-state index in [1.165, 1.54) is 10.8 Å². The van der Waals surface area contributed by atoms with Crippen LogP contribution < -0.4 is 0 Å². The summed E-state index contributed by atoms with van der Waals surface area (Å²) in [6.45, 7) is 1.84. The topological polar surface area (TPSA) is 94.7 Å². The lowest BCUT2D eigenvalue weighted by atomic mass is 10.1. The van der Waals surface area contributed by atoms with Gasteiger partial charge in [0.2, 0.25) is 0 Å². The zero-order valence-electron chi connectivity index (χ0n) is 22.2. The molecular formula is C34H30N4O2. The molecule has 2 aromatic carbocycles. The van der Waals surface area contributed by atoms with Crippen LogP contribution in [0.1, 0.15) is 42.5 Å². The first-order chi connectivity index (χ1) is 19.5. The van der Waals surface area contributed by atoms with E-state index in [1.807, 2.05) is 49.4 Å². The highest BCUT2D eigenvalue weighted by molar-refractivity contribution is 5.82. The van der Waals surface area contributed by atoms with E-state index in [4.69, 9.17) is 5.11 Å². The van der Waals surface area contributed by atoms with Gasteiger partial charge in [0, 0.05) is 28.5 Å². The largest absolute Gasteiger partial charge is 0.481 e. The van der Waals surface area contributed by atoms with Crippen LogP contribution in [0.3, 0.4) is 0 Å². The summed E-state index contributed by atoms with van der Waals surface area (Å²) in [7, 11) is 0. The molecule has 2 aliphatic rings. The lowest BCUT2D eigenvalue weighted by molar-refractivity contribution is -0.137. The molecule has 2 aliphatic heterocycles. The Kier molecular flexibility index (Phi) is 8.27. The second-order valence-corrected chi connectivity index (χ2v) is 9.40. The fourth-order valence-corrected chi connectivity index (χ4v) is 4.29. The van der Waals surface area contributed by atoms with Crippen molar-refractivity contribution in [2.24, 2.45) is 0 Å². The van der Waals surface area contributed by atoms with E-state index in [1.54, 1.807) is 0 Å². The maximum atomic E-state index is 9.60. The van der Waals surface area contributed by atoms with Crippen molar-refractivity contribution in [3.8, 4) is 0 Å². The average Bonchev–Trinajstić information content (AvgIpc) is 3.76. The monoisotopic (exact) mass is 526 g/mol. The number of carboxylic acids is 1. The third-order valence-corrected chi connectivity index (χ3v) is 6.16. The lowest BCUT2D eigenvalue weighted by Crippen LogP contribution is -1.90. The minimum absolute atomic E-state index is 0.292. The van der Waals surface area contributed by atoms with Gasteiger partial charge in [0.1, 0.15) is 0 Å². The van der Waals surface area contributed by atoms with E-state index >= 15 is 0 Å². The molecule has 0 amide bonds. The van der Waals surface area contributed by atoms with Crippen molar-refractivity contribution in [1.82, 2.24) is 19.9 Å². The number of nitrogens with zero attached hydrogens (tertiary/aromatic N) is 2. The van der Waals surface area contributed by atoms with Gasteiger partial charge < -0.3 is 15.1 Å². The summed E-state index contributed by atoms with van der Waals surface area (Å²) in [6, 6.07) is 33.1. The summed E-state index contributed by atoms with van der Waals surface area (Å²) >= 11 is 0. The third-order valence-electron chi connectivity index (χ3n) is 6.16. The standard InChI is InChI=1S/C20H14N4.C10H8.C4H8O2/c1-2-14-10-16-5-6-18(23-16)12-20-8-7-19(24-20)11-17-4-3-15(22-17)9-13(1)21-14;1-2-6-10-8-4-3-7-9(10)5-1;1-2-3-4(5)6/h1-12,21-22H;1-8H;2-3H2,1H3,(H,5,6). The maximum Gasteiger partial charge on any atom is 0.303 e. The minimum atomic E-state index is -0.711. The lowest BCUT2D eigenvalue weighted by Gasteiger charge is -1.92. The summed E-state index contributed by atoms with van der Waals surface area (Å²) in [6.07, 6.45) is 9.07. The molecule has 0 unspecified atom stereocenters. The molecule has 5 heterocycles. The van der Waals surface area contributed by atoms with Crippen LogP contribution in [0.2, 0.25) is 0 Å². The zero-order valence-corrected chi connectivity index (χ0v) is 22.2. The number of rotatable bonds is 2. The SMILES string of the molecule is C1=Cc2cc3ccc(cc4ccc(cc5nc(cc1n2)C=C5)[nH]4)[nH]3.CCCC(=O)O.c1ccc2ccccc2c1. The predicted molar refractivity (Wildman–Crippen MR) is 165 cm³/mol. The van der Waals surface area contributed by atoms with Gasteiger partial charge in [-0.25, -0.2) is 9.97 Å². The molecule has 0 atom stereocenters. The Balaban J connectivity index is 0.000000166. The first-order valence-corrected chi connectivity index (χ1v) is 13.2. The number of benzene rings is 2. The Morgan fingerprint density at radius 1 is 0.600 bits per heavy atom. The van der Waals surface area contributed by atoms with Crippen molar-refractivity contribution in [2.75, 3.05) is 0 Å². The first kappa shape index (κ1) is 26.4. The molecule has 0 aliphatic carbocycles. The molecule has 0 spiro atoms. The highest BCUT2D eigenvalue weighted by atomic mass is 16.4. The summed E-state index contributed by atoms with van der Waals surface area (Å²) in [5.74, 6) is -0.711. The van der Waals surface area contributed by atoms with Gasteiger partial charge >= 0.3 is 5.97 Å². The number of aromatic amines is 2. The Hall–Kier alpha value is -5.23. The van der Waals surface area contributed by atoms with Crippen LogP contribution in [-0.2, 0) is 4.79 Å². The Labute approximate surface area is 232 Å². The summed E-state index contributed by atoms with van der Waals surface area (Å²) in [5.41, 5.74) is 7.86. The highest BCUT2D eigenvalue weighted by Crippen LogP contribution is 2.17. The average molecular weight is 527 g/mol. The second kappa shape index (κ2) is 12.5. The number of fused-ring (bicyclic) bond motifs is 9. The van der Waals surface area contributed by atoms with Gasteiger partial charge in [-0.2, -0.15) is 0 Å². The van der Waals surface area contributed by atoms with Gasteiger partial charge in [-0.3, -0.25) is 4.79 Å². The highest BCUT2D eigenvalue weighted by Gasteiger charge is 2.02. The van der Waals surface area contributed by atoms with Gasteiger partial charge in [-0.15, -0.1) is 0 Å². The number of aliphatic carboxylic acids is 1. The fourth-order valence-electron chi connectivity index (χ4n) is 4.29. The molecule has 8 bridgehead atoms. The molecule has 6 heteroatoms.